The Bertz CT molecular complexity index is 1200. The highest BCUT2D eigenvalue weighted by atomic mass is 16.5. The van der Waals surface area contributed by atoms with E-state index in [9.17, 15) is 0 Å². The number of fused-ring (bicyclic) bond motifs is 4. The van der Waals surface area contributed by atoms with Crippen LogP contribution in [0.4, 0.5) is 0 Å². The van der Waals surface area contributed by atoms with E-state index < -0.39 is 0 Å². The summed E-state index contributed by atoms with van der Waals surface area (Å²) in [5.41, 5.74) is 13.1. The third-order valence-electron chi connectivity index (χ3n) is 6.80. The van der Waals surface area contributed by atoms with Crippen LogP contribution in [0.2, 0.25) is 0 Å². The predicted molar refractivity (Wildman–Crippen MR) is 113 cm³/mol. The Hall–Kier alpha value is -2.75. The lowest BCUT2D eigenvalue weighted by Gasteiger charge is -2.33. The lowest BCUT2D eigenvalue weighted by atomic mass is 9.79. The van der Waals surface area contributed by atoms with Crippen molar-refractivity contribution < 1.29 is 4.74 Å². The van der Waals surface area contributed by atoms with Crippen molar-refractivity contribution in [3.8, 4) is 0 Å². The fraction of sp³-hybridized carbons (Fsp3) is 0.292. The molecule has 1 aromatic heterocycles. The van der Waals surface area contributed by atoms with Gasteiger partial charge in [0.05, 0.1) is 29.2 Å². The van der Waals surface area contributed by atoms with Crippen LogP contribution < -0.4 is 5.46 Å². The molecule has 0 bridgehead atoms. The van der Waals surface area contributed by atoms with Crippen LogP contribution in [0, 0.1) is 6.92 Å². The molecule has 3 aliphatic heterocycles. The van der Waals surface area contributed by atoms with Crippen molar-refractivity contribution in [2.45, 2.75) is 39.2 Å². The Morgan fingerprint density at radius 3 is 2.86 bits per heavy atom. The molecule has 3 nitrogen and oxygen atoms in total. The standard InChI is InChI=1S/C24H21BN2O/c1-12-7-15-8-22-24-18(10-27(22)14(3)19(15)11-28-12)17-6-4-5-16-13(2)20(25)9-21(26-24)23(16)17/h8-9H,1,3-7,10-11H2,2H3. The first-order valence-electron chi connectivity index (χ1n) is 9.98. The van der Waals surface area contributed by atoms with Crippen LogP contribution in [0.5, 0.6) is 0 Å². The van der Waals surface area contributed by atoms with Gasteiger partial charge in [-0.2, -0.15) is 0 Å². The molecule has 4 heterocycles. The normalized spacial score (nSPS) is 20.0. The van der Waals surface area contributed by atoms with Gasteiger partial charge >= 0.3 is 0 Å². The van der Waals surface area contributed by atoms with E-state index in [1.165, 1.54) is 45.2 Å². The third-order valence-corrected chi connectivity index (χ3v) is 6.80. The smallest absolute Gasteiger partial charge is 0.115 e. The minimum absolute atomic E-state index is 0.561. The molecule has 0 N–H and O–H groups in total. The molecule has 0 spiro atoms. The average molecular weight is 364 g/mol. The summed E-state index contributed by atoms with van der Waals surface area (Å²) in [6.07, 6.45) is 6.40. The maximum Gasteiger partial charge on any atom is 0.115 e. The summed E-state index contributed by atoms with van der Waals surface area (Å²) in [7, 11) is 6.33. The fourth-order valence-corrected chi connectivity index (χ4v) is 5.29. The number of ether oxygens (including phenoxy) is 1. The van der Waals surface area contributed by atoms with Crippen LogP contribution in [-0.4, -0.2) is 24.3 Å². The number of aryl methyl sites for hydroxylation is 2. The minimum atomic E-state index is 0.561. The van der Waals surface area contributed by atoms with E-state index in [0.29, 0.717) is 6.61 Å². The summed E-state index contributed by atoms with van der Waals surface area (Å²) >= 11 is 0. The number of nitrogens with zero attached hydrogens (tertiary/aromatic N) is 2. The molecular weight excluding hydrogens is 343 g/mol. The highest BCUT2D eigenvalue weighted by molar-refractivity contribution is 6.34. The van der Waals surface area contributed by atoms with Crippen molar-refractivity contribution in [2.75, 3.05) is 6.61 Å². The van der Waals surface area contributed by atoms with E-state index in [1.54, 1.807) is 0 Å². The summed E-state index contributed by atoms with van der Waals surface area (Å²) < 4.78 is 5.70. The van der Waals surface area contributed by atoms with Crippen LogP contribution in [0.15, 0.2) is 47.9 Å². The molecule has 1 aromatic carbocycles. The molecule has 4 heteroatoms. The van der Waals surface area contributed by atoms with Crippen LogP contribution >= 0.6 is 0 Å². The van der Waals surface area contributed by atoms with E-state index in [-0.39, 0.29) is 0 Å². The highest BCUT2D eigenvalue weighted by Gasteiger charge is 2.36. The van der Waals surface area contributed by atoms with Gasteiger partial charge in [0.1, 0.15) is 14.5 Å². The molecule has 0 atom stereocenters. The van der Waals surface area contributed by atoms with E-state index >= 15 is 0 Å². The Morgan fingerprint density at radius 2 is 2.00 bits per heavy atom. The number of allylic oxidation sites excluding steroid dienone is 2. The van der Waals surface area contributed by atoms with Gasteiger partial charge in [0.2, 0.25) is 0 Å². The molecule has 136 valence electrons. The summed E-state index contributed by atoms with van der Waals surface area (Å²) in [6, 6.07) is 2.06. The third kappa shape index (κ3) is 1.98. The average Bonchev–Trinajstić information content (AvgIpc) is 3.05. The van der Waals surface area contributed by atoms with Gasteiger partial charge in [0.25, 0.3) is 0 Å². The largest absolute Gasteiger partial charge is 0.493 e. The summed E-state index contributed by atoms with van der Waals surface area (Å²) in [6.45, 7) is 12.0. The van der Waals surface area contributed by atoms with Gasteiger partial charge in [-0.25, -0.2) is 4.98 Å². The second-order valence-electron chi connectivity index (χ2n) is 8.30. The molecule has 4 aliphatic rings. The number of rotatable bonds is 0. The van der Waals surface area contributed by atoms with Crippen molar-refractivity contribution in [1.82, 2.24) is 9.88 Å². The van der Waals surface area contributed by atoms with Crippen molar-refractivity contribution >= 4 is 29.9 Å². The van der Waals surface area contributed by atoms with Crippen molar-refractivity contribution in [3.63, 3.8) is 0 Å². The Balaban J connectivity index is 1.62. The molecule has 0 unspecified atom stereocenters. The number of aromatic nitrogens is 1. The van der Waals surface area contributed by atoms with E-state index in [2.05, 4.69) is 37.1 Å². The number of hydrogen-bond acceptors (Lipinski definition) is 3. The predicted octanol–water partition coefficient (Wildman–Crippen LogP) is 3.74. The fourth-order valence-electron chi connectivity index (χ4n) is 5.29. The van der Waals surface area contributed by atoms with Crippen molar-refractivity contribution in [1.29, 1.82) is 0 Å². The molecule has 0 saturated heterocycles. The summed E-state index contributed by atoms with van der Waals surface area (Å²) in [4.78, 5) is 7.44. The maximum absolute atomic E-state index is 6.33. The molecule has 0 fully saturated rings. The summed E-state index contributed by atoms with van der Waals surface area (Å²) in [5.74, 6) is 0.824. The molecule has 6 rings (SSSR count). The minimum Gasteiger partial charge on any atom is -0.493 e. The Morgan fingerprint density at radius 1 is 1.18 bits per heavy atom. The Kier molecular flexibility index (Phi) is 3.13. The number of benzene rings is 1. The topological polar surface area (TPSA) is 25.4 Å². The monoisotopic (exact) mass is 364 g/mol. The second-order valence-corrected chi connectivity index (χ2v) is 8.30. The van der Waals surface area contributed by atoms with Gasteiger partial charge in [-0.05, 0) is 55.0 Å². The molecule has 2 aromatic rings. The van der Waals surface area contributed by atoms with Gasteiger partial charge < -0.3 is 9.64 Å². The quantitative estimate of drug-likeness (QED) is 0.666. The van der Waals surface area contributed by atoms with E-state index in [4.69, 9.17) is 17.6 Å². The molecule has 0 saturated carbocycles. The van der Waals surface area contributed by atoms with Crippen LogP contribution in [0.3, 0.4) is 0 Å². The van der Waals surface area contributed by atoms with Crippen molar-refractivity contribution in [3.05, 3.63) is 75.9 Å². The van der Waals surface area contributed by atoms with Gasteiger partial charge in [-0.15, -0.1) is 0 Å². The molecule has 0 amide bonds. The summed E-state index contributed by atoms with van der Waals surface area (Å²) in [5, 5.41) is 1.34. The number of pyridine rings is 1. The van der Waals surface area contributed by atoms with Gasteiger partial charge in [0.15, 0.2) is 0 Å². The van der Waals surface area contributed by atoms with Crippen molar-refractivity contribution in [2.24, 2.45) is 0 Å². The zero-order valence-electron chi connectivity index (χ0n) is 16.2. The number of hydrogen-bond donors (Lipinski definition) is 0. The molecular formula is C24H21BN2O. The molecule has 28 heavy (non-hydrogen) atoms. The van der Waals surface area contributed by atoms with E-state index in [1.807, 2.05) is 0 Å². The van der Waals surface area contributed by atoms with Gasteiger partial charge in [-0.1, -0.05) is 24.2 Å². The molecule has 2 radical (unpaired) electrons. The van der Waals surface area contributed by atoms with Crippen LogP contribution in [-0.2, 0) is 24.1 Å². The van der Waals surface area contributed by atoms with Gasteiger partial charge in [0, 0.05) is 28.6 Å². The van der Waals surface area contributed by atoms with Crippen LogP contribution in [0.25, 0.3) is 16.6 Å². The first kappa shape index (κ1) is 16.2. The van der Waals surface area contributed by atoms with E-state index in [0.717, 1.165) is 59.6 Å². The lowest BCUT2D eigenvalue weighted by molar-refractivity contribution is 0.220. The maximum atomic E-state index is 6.33. The Labute approximate surface area is 166 Å². The van der Waals surface area contributed by atoms with Crippen LogP contribution in [0.1, 0.15) is 40.8 Å². The molecule has 1 aliphatic carbocycles. The second kappa shape index (κ2) is 5.41. The first-order valence-corrected chi connectivity index (χ1v) is 9.98. The zero-order chi connectivity index (χ0) is 19.2. The first-order chi connectivity index (χ1) is 13.5. The zero-order valence-corrected chi connectivity index (χ0v) is 16.2. The highest BCUT2D eigenvalue weighted by Crippen LogP contribution is 2.47. The lowest BCUT2D eigenvalue weighted by Crippen LogP contribution is -2.24. The van der Waals surface area contributed by atoms with Gasteiger partial charge in [-0.3, -0.25) is 0 Å². The SMILES string of the molecule is [B]c1cc2nc3c(c4c2c(c1C)CCC4)CN1C(=C)C2=C(C=C31)CC(=C)OC2.